The summed E-state index contributed by atoms with van der Waals surface area (Å²) in [5.41, 5.74) is 11.5. The highest BCUT2D eigenvalue weighted by Gasteiger charge is 2.18. The van der Waals surface area contributed by atoms with Crippen molar-refractivity contribution in [2.24, 2.45) is 12.8 Å². The number of aromatic nitrogens is 3. The van der Waals surface area contributed by atoms with Gasteiger partial charge in [-0.2, -0.15) is 5.10 Å². The molecule has 198 valence electrons. The second kappa shape index (κ2) is 12.5. The summed E-state index contributed by atoms with van der Waals surface area (Å²) >= 11 is 0. The SMILES string of the molecule is CC(N)=O.COc1ccc(CNC(=O)c2cc(-c3cc(C)cc(C)c3)cnc2-c2cnn(C)c2)cc1OC. The maximum atomic E-state index is 13.4. The molecule has 2 aromatic carbocycles. The molecule has 0 aliphatic heterocycles. The third-order valence-corrected chi connectivity index (χ3v) is 5.57. The van der Waals surface area contributed by atoms with Crippen molar-refractivity contribution in [1.82, 2.24) is 20.1 Å². The van der Waals surface area contributed by atoms with Crippen molar-refractivity contribution < 1.29 is 19.1 Å². The molecule has 4 aromatic rings. The molecule has 2 amide bonds. The number of nitrogens with two attached hydrogens (primary N) is 1. The Morgan fingerprint density at radius 2 is 1.58 bits per heavy atom. The number of rotatable bonds is 7. The smallest absolute Gasteiger partial charge is 0.253 e. The van der Waals surface area contributed by atoms with Crippen LogP contribution in [0.5, 0.6) is 11.5 Å². The van der Waals surface area contributed by atoms with Crippen molar-refractivity contribution in [3.8, 4) is 33.9 Å². The summed E-state index contributed by atoms with van der Waals surface area (Å²) in [5.74, 6) is 0.706. The van der Waals surface area contributed by atoms with E-state index in [1.54, 1.807) is 25.1 Å². The number of methoxy groups -OCH3 is 2. The second-order valence-corrected chi connectivity index (χ2v) is 8.88. The van der Waals surface area contributed by atoms with Crippen molar-refractivity contribution in [2.45, 2.75) is 27.3 Å². The third kappa shape index (κ3) is 7.19. The Labute approximate surface area is 222 Å². The molecular weight excluding hydrogens is 482 g/mol. The Bertz CT molecular complexity index is 1420. The van der Waals surface area contributed by atoms with Crippen LogP contribution in [0.15, 0.2) is 61.1 Å². The predicted molar refractivity (Wildman–Crippen MR) is 147 cm³/mol. The molecule has 0 spiro atoms. The summed E-state index contributed by atoms with van der Waals surface area (Å²) in [6.07, 6.45) is 5.37. The number of benzene rings is 2. The normalized spacial score (nSPS) is 10.3. The zero-order valence-electron chi connectivity index (χ0n) is 22.5. The molecule has 9 heteroatoms. The molecular formula is C29H33N5O4. The number of hydrogen-bond donors (Lipinski definition) is 2. The predicted octanol–water partition coefficient (Wildman–Crippen LogP) is 4.20. The quantitative estimate of drug-likeness (QED) is 0.380. The maximum absolute atomic E-state index is 13.4. The first-order chi connectivity index (χ1) is 18.1. The van der Waals surface area contributed by atoms with Crippen molar-refractivity contribution in [3.63, 3.8) is 0 Å². The van der Waals surface area contributed by atoms with Gasteiger partial charge in [-0.15, -0.1) is 0 Å². The molecule has 0 saturated carbocycles. The Hall–Kier alpha value is -4.66. The molecule has 0 aliphatic carbocycles. The van der Waals surface area contributed by atoms with E-state index in [-0.39, 0.29) is 11.8 Å². The lowest BCUT2D eigenvalue weighted by molar-refractivity contribution is -0.115. The standard InChI is InChI=1S/C27H28N4O3.C2H5NO/c1-17-8-18(2)10-20(9-17)21-12-23(26(28-14-21)22-15-30-31(3)16-22)27(32)29-13-19-6-7-24(33-4)25(11-19)34-5;1-2(3)4/h6-12,14-16H,13H2,1-5H3,(H,29,32);1H3,(H2,3,4). The van der Waals surface area contributed by atoms with Gasteiger partial charge < -0.3 is 20.5 Å². The molecule has 2 heterocycles. The lowest BCUT2D eigenvalue weighted by Crippen LogP contribution is -2.24. The van der Waals surface area contributed by atoms with Crippen LogP contribution in [0, 0.1) is 13.8 Å². The van der Waals surface area contributed by atoms with Crippen LogP contribution in [0.1, 0.15) is 34.0 Å². The van der Waals surface area contributed by atoms with E-state index in [4.69, 9.17) is 9.47 Å². The molecule has 0 atom stereocenters. The van der Waals surface area contributed by atoms with Crippen LogP contribution >= 0.6 is 0 Å². The lowest BCUT2D eigenvalue weighted by Gasteiger charge is -2.13. The molecule has 0 saturated heterocycles. The van der Waals surface area contributed by atoms with Crippen molar-refractivity contribution in [2.75, 3.05) is 14.2 Å². The Morgan fingerprint density at radius 3 is 2.16 bits per heavy atom. The largest absolute Gasteiger partial charge is 0.493 e. The average Bonchev–Trinajstić information content (AvgIpc) is 3.31. The lowest BCUT2D eigenvalue weighted by atomic mass is 9.98. The molecule has 9 nitrogen and oxygen atoms in total. The van der Waals surface area contributed by atoms with E-state index < -0.39 is 0 Å². The zero-order valence-corrected chi connectivity index (χ0v) is 22.5. The van der Waals surface area contributed by atoms with Gasteiger partial charge in [-0.05, 0) is 43.2 Å². The molecule has 38 heavy (non-hydrogen) atoms. The van der Waals surface area contributed by atoms with Crippen LogP contribution in [-0.2, 0) is 18.4 Å². The summed E-state index contributed by atoms with van der Waals surface area (Å²) in [6, 6.07) is 13.8. The zero-order chi connectivity index (χ0) is 27.8. The van der Waals surface area contributed by atoms with Crippen molar-refractivity contribution in [3.05, 3.63) is 83.3 Å². The molecule has 0 bridgehead atoms. The minimum atomic E-state index is -0.333. The van der Waals surface area contributed by atoms with Crippen molar-refractivity contribution in [1.29, 1.82) is 0 Å². The summed E-state index contributed by atoms with van der Waals surface area (Å²) in [4.78, 5) is 27.3. The van der Waals surface area contributed by atoms with Gasteiger partial charge in [-0.1, -0.05) is 35.4 Å². The van der Waals surface area contributed by atoms with Crippen LogP contribution in [0.4, 0.5) is 0 Å². The van der Waals surface area contributed by atoms with Crippen LogP contribution in [0.2, 0.25) is 0 Å². The Morgan fingerprint density at radius 1 is 0.921 bits per heavy atom. The molecule has 0 fully saturated rings. The number of amides is 2. The van der Waals surface area contributed by atoms with Crippen LogP contribution in [0.25, 0.3) is 22.4 Å². The van der Waals surface area contributed by atoms with Crippen LogP contribution < -0.4 is 20.5 Å². The first kappa shape index (κ1) is 27.9. The number of ether oxygens (including phenoxy) is 2. The molecule has 2 aromatic heterocycles. The second-order valence-electron chi connectivity index (χ2n) is 8.88. The van der Waals surface area contributed by atoms with E-state index in [2.05, 4.69) is 53.2 Å². The minimum Gasteiger partial charge on any atom is -0.493 e. The van der Waals surface area contributed by atoms with E-state index in [0.29, 0.717) is 29.3 Å². The van der Waals surface area contributed by atoms with E-state index in [1.807, 2.05) is 43.7 Å². The third-order valence-electron chi connectivity index (χ3n) is 5.57. The summed E-state index contributed by atoms with van der Waals surface area (Å²) in [6.45, 7) is 5.76. The highest BCUT2D eigenvalue weighted by molar-refractivity contribution is 6.01. The summed E-state index contributed by atoms with van der Waals surface area (Å²) in [5, 5.41) is 7.27. The molecule has 0 unspecified atom stereocenters. The number of aryl methyl sites for hydroxylation is 3. The number of pyridine rings is 1. The molecule has 3 N–H and O–H groups in total. The number of carbonyl (C=O) groups is 2. The van der Waals surface area contributed by atoms with Gasteiger partial charge in [-0.3, -0.25) is 19.3 Å². The fourth-order valence-corrected chi connectivity index (χ4v) is 3.98. The Balaban J connectivity index is 0.000000934. The number of nitrogens with one attached hydrogen (secondary N) is 1. The van der Waals surface area contributed by atoms with Gasteiger partial charge >= 0.3 is 0 Å². The van der Waals surface area contributed by atoms with E-state index in [9.17, 15) is 9.59 Å². The first-order valence-corrected chi connectivity index (χ1v) is 11.9. The van der Waals surface area contributed by atoms with Gasteiger partial charge in [-0.25, -0.2) is 0 Å². The van der Waals surface area contributed by atoms with Crippen LogP contribution in [0.3, 0.4) is 0 Å². The van der Waals surface area contributed by atoms with Crippen molar-refractivity contribution >= 4 is 11.8 Å². The van der Waals surface area contributed by atoms with Gasteiger partial charge in [0.15, 0.2) is 11.5 Å². The number of carbonyl (C=O) groups excluding carboxylic acids is 2. The van der Waals surface area contributed by atoms with Gasteiger partial charge in [0, 0.05) is 44.0 Å². The average molecular weight is 516 g/mol. The molecule has 0 radical (unpaired) electrons. The summed E-state index contributed by atoms with van der Waals surface area (Å²) in [7, 11) is 5.02. The number of hydrogen-bond acceptors (Lipinski definition) is 6. The topological polar surface area (TPSA) is 121 Å². The number of primary amides is 1. The van der Waals surface area contributed by atoms with Gasteiger partial charge in [0.1, 0.15) is 0 Å². The molecule has 4 rings (SSSR count). The van der Waals surface area contributed by atoms with E-state index in [0.717, 1.165) is 33.4 Å². The minimum absolute atomic E-state index is 0.215. The fourth-order valence-electron chi connectivity index (χ4n) is 3.98. The van der Waals surface area contributed by atoms with Crippen LogP contribution in [-0.4, -0.2) is 40.8 Å². The summed E-state index contributed by atoms with van der Waals surface area (Å²) < 4.78 is 12.4. The highest BCUT2D eigenvalue weighted by Crippen LogP contribution is 2.29. The number of nitrogens with zero attached hydrogens (tertiary/aromatic N) is 3. The molecule has 0 aliphatic rings. The van der Waals surface area contributed by atoms with Gasteiger partial charge in [0.05, 0.1) is 31.7 Å². The van der Waals surface area contributed by atoms with Gasteiger partial charge in [0.25, 0.3) is 5.91 Å². The van der Waals surface area contributed by atoms with Gasteiger partial charge in [0.2, 0.25) is 5.91 Å². The monoisotopic (exact) mass is 515 g/mol. The van der Waals surface area contributed by atoms with E-state index >= 15 is 0 Å². The fraction of sp³-hybridized carbons (Fsp3) is 0.241. The first-order valence-electron chi connectivity index (χ1n) is 11.9. The van der Waals surface area contributed by atoms with E-state index in [1.165, 1.54) is 6.92 Å². The Kier molecular flexibility index (Phi) is 9.21. The highest BCUT2D eigenvalue weighted by atomic mass is 16.5. The maximum Gasteiger partial charge on any atom is 0.253 e.